The maximum absolute atomic E-state index is 5.41. The normalized spacial score (nSPS) is 10.9. The molecular weight excluding hydrogens is 354 g/mol. The Balaban J connectivity index is 1.69. The first-order chi connectivity index (χ1) is 7.74. The SMILES string of the molecule is Brc1ccc(CCNCc2csc(Br)c2)o1. The lowest BCUT2D eigenvalue weighted by Crippen LogP contribution is -2.15. The molecule has 0 aliphatic heterocycles. The van der Waals surface area contributed by atoms with Crippen molar-refractivity contribution in [3.8, 4) is 0 Å². The lowest BCUT2D eigenvalue weighted by Gasteiger charge is -2.00. The third kappa shape index (κ3) is 3.73. The van der Waals surface area contributed by atoms with Crippen LogP contribution in [0.1, 0.15) is 11.3 Å². The molecule has 16 heavy (non-hydrogen) atoms. The molecule has 2 nitrogen and oxygen atoms in total. The van der Waals surface area contributed by atoms with Gasteiger partial charge >= 0.3 is 0 Å². The van der Waals surface area contributed by atoms with Crippen molar-refractivity contribution in [2.75, 3.05) is 6.54 Å². The summed E-state index contributed by atoms with van der Waals surface area (Å²) in [5, 5.41) is 5.54. The number of hydrogen-bond donors (Lipinski definition) is 1. The second kappa shape index (κ2) is 6.00. The minimum atomic E-state index is 0.796. The van der Waals surface area contributed by atoms with Gasteiger partial charge in [0.15, 0.2) is 4.67 Å². The summed E-state index contributed by atoms with van der Waals surface area (Å²) < 4.78 is 7.39. The maximum atomic E-state index is 5.41. The minimum absolute atomic E-state index is 0.796. The van der Waals surface area contributed by atoms with Crippen LogP contribution in [0, 0.1) is 0 Å². The van der Waals surface area contributed by atoms with Crippen LogP contribution >= 0.6 is 43.2 Å². The monoisotopic (exact) mass is 363 g/mol. The molecule has 1 N–H and O–H groups in total. The second-order valence-electron chi connectivity index (χ2n) is 3.39. The average molecular weight is 365 g/mol. The first-order valence-electron chi connectivity index (χ1n) is 4.92. The van der Waals surface area contributed by atoms with E-state index < -0.39 is 0 Å². The molecule has 2 aromatic heterocycles. The van der Waals surface area contributed by atoms with Crippen LogP contribution in [0.15, 0.2) is 36.5 Å². The summed E-state index contributed by atoms with van der Waals surface area (Å²) in [6.45, 7) is 1.83. The highest BCUT2D eigenvalue weighted by Gasteiger charge is 2.00. The summed E-state index contributed by atoms with van der Waals surface area (Å²) in [6, 6.07) is 6.05. The van der Waals surface area contributed by atoms with Gasteiger partial charge in [-0.15, -0.1) is 11.3 Å². The molecule has 0 saturated carbocycles. The molecule has 0 atom stereocenters. The Kier molecular flexibility index (Phi) is 4.64. The molecule has 0 bridgehead atoms. The van der Waals surface area contributed by atoms with Gasteiger partial charge in [-0.25, -0.2) is 0 Å². The van der Waals surface area contributed by atoms with Gasteiger partial charge in [-0.3, -0.25) is 0 Å². The summed E-state index contributed by atoms with van der Waals surface area (Å²) in [4.78, 5) is 0. The molecule has 2 aromatic rings. The van der Waals surface area contributed by atoms with Crippen LogP contribution in [0.25, 0.3) is 0 Å². The number of furan rings is 1. The van der Waals surface area contributed by atoms with Crippen molar-refractivity contribution < 1.29 is 4.42 Å². The third-order valence-corrected chi connectivity index (χ3v) is 4.11. The average Bonchev–Trinajstić information content (AvgIpc) is 2.83. The quantitative estimate of drug-likeness (QED) is 0.804. The van der Waals surface area contributed by atoms with Gasteiger partial charge in [0.1, 0.15) is 5.76 Å². The molecule has 0 spiro atoms. The lowest BCUT2D eigenvalue weighted by atomic mass is 10.3. The van der Waals surface area contributed by atoms with Crippen molar-refractivity contribution in [2.24, 2.45) is 0 Å². The zero-order valence-electron chi connectivity index (χ0n) is 8.50. The molecule has 5 heteroatoms. The molecule has 0 unspecified atom stereocenters. The van der Waals surface area contributed by atoms with Gasteiger partial charge in [-0.1, -0.05) is 0 Å². The van der Waals surface area contributed by atoms with E-state index in [2.05, 4.69) is 48.6 Å². The Morgan fingerprint density at radius 2 is 2.19 bits per heavy atom. The molecule has 0 aromatic carbocycles. The van der Waals surface area contributed by atoms with Crippen molar-refractivity contribution in [2.45, 2.75) is 13.0 Å². The summed E-state index contributed by atoms with van der Waals surface area (Å²) in [6.07, 6.45) is 0.914. The van der Waals surface area contributed by atoms with E-state index >= 15 is 0 Å². The highest BCUT2D eigenvalue weighted by atomic mass is 79.9. The van der Waals surface area contributed by atoms with E-state index in [4.69, 9.17) is 4.42 Å². The van der Waals surface area contributed by atoms with E-state index in [1.807, 2.05) is 12.1 Å². The number of thiophene rings is 1. The zero-order chi connectivity index (χ0) is 11.4. The van der Waals surface area contributed by atoms with Crippen LogP contribution in [0.4, 0.5) is 0 Å². The number of hydrogen-bond acceptors (Lipinski definition) is 3. The Hall–Kier alpha value is -0.100. The molecule has 2 rings (SSSR count). The van der Waals surface area contributed by atoms with Gasteiger partial charge in [0.2, 0.25) is 0 Å². The molecular formula is C11H11Br2NOS. The fraction of sp³-hybridized carbons (Fsp3) is 0.273. The summed E-state index contributed by atoms with van der Waals surface area (Å²) >= 11 is 8.45. The van der Waals surface area contributed by atoms with Crippen molar-refractivity contribution in [1.29, 1.82) is 0 Å². The van der Waals surface area contributed by atoms with Crippen LogP contribution in [0.2, 0.25) is 0 Å². The van der Waals surface area contributed by atoms with E-state index in [9.17, 15) is 0 Å². The van der Waals surface area contributed by atoms with Crippen molar-refractivity contribution >= 4 is 43.2 Å². The Morgan fingerprint density at radius 1 is 1.31 bits per heavy atom. The van der Waals surface area contributed by atoms with Crippen molar-refractivity contribution in [3.63, 3.8) is 0 Å². The second-order valence-corrected chi connectivity index (χ2v) is 6.46. The fourth-order valence-corrected chi connectivity index (χ4v) is 2.92. The zero-order valence-corrected chi connectivity index (χ0v) is 12.5. The van der Waals surface area contributed by atoms with Crippen LogP contribution in [-0.4, -0.2) is 6.54 Å². The highest BCUT2D eigenvalue weighted by Crippen LogP contribution is 2.20. The van der Waals surface area contributed by atoms with Crippen LogP contribution in [-0.2, 0) is 13.0 Å². The first-order valence-corrected chi connectivity index (χ1v) is 7.38. The van der Waals surface area contributed by atoms with Crippen LogP contribution in [0.3, 0.4) is 0 Å². The van der Waals surface area contributed by atoms with Gasteiger partial charge in [0, 0.05) is 19.5 Å². The molecule has 86 valence electrons. The Bertz CT molecular complexity index is 410. The Labute approximate surface area is 115 Å². The number of nitrogens with one attached hydrogen (secondary N) is 1. The smallest absolute Gasteiger partial charge is 0.169 e. The molecule has 0 fully saturated rings. The number of halogens is 2. The molecule has 0 radical (unpaired) electrons. The minimum Gasteiger partial charge on any atom is -0.454 e. The van der Waals surface area contributed by atoms with Gasteiger partial charge in [0.05, 0.1) is 3.79 Å². The van der Waals surface area contributed by atoms with E-state index in [1.165, 1.54) is 9.35 Å². The van der Waals surface area contributed by atoms with Gasteiger partial charge in [0.25, 0.3) is 0 Å². The highest BCUT2D eigenvalue weighted by molar-refractivity contribution is 9.11. The van der Waals surface area contributed by atoms with Gasteiger partial charge in [-0.2, -0.15) is 0 Å². The molecule has 0 amide bonds. The molecule has 0 aliphatic rings. The molecule has 0 saturated heterocycles. The van der Waals surface area contributed by atoms with E-state index in [0.717, 1.165) is 29.9 Å². The van der Waals surface area contributed by atoms with Crippen molar-refractivity contribution in [3.05, 3.63) is 43.4 Å². The number of rotatable bonds is 5. The summed E-state index contributed by atoms with van der Waals surface area (Å²) in [5.41, 5.74) is 1.32. The van der Waals surface area contributed by atoms with E-state index in [0.29, 0.717) is 0 Å². The predicted molar refractivity (Wildman–Crippen MR) is 73.8 cm³/mol. The van der Waals surface area contributed by atoms with Crippen LogP contribution in [0.5, 0.6) is 0 Å². The van der Waals surface area contributed by atoms with Gasteiger partial charge in [-0.05, 0) is 61.0 Å². The molecule has 2 heterocycles. The largest absolute Gasteiger partial charge is 0.454 e. The fourth-order valence-electron chi connectivity index (χ4n) is 1.37. The molecule has 0 aliphatic carbocycles. The van der Waals surface area contributed by atoms with Gasteiger partial charge < -0.3 is 9.73 Å². The maximum Gasteiger partial charge on any atom is 0.169 e. The standard InChI is InChI=1S/C11H11Br2NOS/c12-10-2-1-9(15-10)3-4-14-6-8-5-11(13)16-7-8/h1-2,5,7,14H,3-4,6H2. The topological polar surface area (TPSA) is 25.2 Å². The van der Waals surface area contributed by atoms with E-state index in [-0.39, 0.29) is 0 Å². The predicted octanol–water partition coefficient (Wildman–Crippen LogP) is 4.20. The Morgan fingerprint density at radius 3 is 2.81 bits per heavy atom. The van der Waals surface area contributed by atoms with E-state index in [1.54, 1.807) is 11.3 Å². The third-order valence-electron chi connectivity index (χ3n) is 2.13. The summed E-state index contributed by atoms with van der Waals surface area (Å²) in [5.74, 6) is 1.01. The van der Waals surface area contributed by atoms with Crippen LogP contribution < -0.4 is 5.32 Å². The lowest BCUT2D eigenvalue weighted by molar-refractivity contribution is 0.479. The first kappa shape index (κ1) is 12.4. The summed E-state index contributed by atoms with van der Waals surface area (Å²) in [7, 11) is 0. The van der Waals surface area contributed by atoms with Crippen molar-refractivity contribution in [1.82, 2.24) is 5.32 Å².